The maximum atomic E-state index is 11.0. The Morgan fingerprint density at radius 1 is 1.73 bits per heavy atom. The molecule has 1 unspecified atom stereocenters. The molecule has 0 aromatic heterocycles. The van der Waals surface area contributed by atoms with E-state index in [1.807, 2.05) is 0 Å². The van der Waals surface area contributed by atoms with Crippen LogP contribution in [-0.2, 0) is 4.79 Å². The fraction of sp³-hybridized carbons (Fsp3) is 0.625. The number of rotatable bonds is 3. The standard InChI is InChI=1S/C8H15NO2/c1-5-6(2)9-7(10)8(3,4)11/h5-6,11H,1H2,2-4H3,(H,9,10). The Balaban J connectivity index is 3.98. The Bertz CT molecular complexity index is 158. The second kappa shape index (κ2) is 3.53. The van der Waals surface area contributed by atoms with E-state index >= 15 is 0 Å². The van der Waals surface area contributed by atoms with Crippen molar-refractivity contribution in [1.29, 1.82) is 0 Å². The molecule has 1 atom stereocenters. The van der Waals surface area contributed by atoms with Crippen LogP contribution in [0.1, 0.15) is 20.8 Å². The molecule has 0 rings (SSSR count). The molecule has 2 N–H and O–H groups in total. The zero-order valence-corrected chi connectivity index (χ0v) is 7.22. The van der Waals surface area contributed by atoms with Crippen LogP contribution >= 0.6 is 0 Å². The Kier molecular flexibility index (Phi) is 3.26. The minimum atomic E-state index is -1.31. The van der Waals surface area contributed by atoms with Gasteiger partial charge in [0.1, 0.15) is 5.60 Å². The van der Waals surface area contributed by atoms with Crippen LogP contribution in [0, 0.1) is 0 Å². The van der Waals surface area contributed by atoms with Gasteiger partial charge in [0.15, 0.2) is 0 Å². The smallest absolute Gasteiger partial charge is 0.251 e. The molecule has 0 aromatic rings. The highest BCUT2D eigenvalue weighted by Crippen LogP contribution is 2.00. The molecule has 0 saturated carbocycles. The predicted molar refractivity (Wildman–Crippen MR) is 44.1 cm³/mol. The van der Waals surface area contributed by atoms with Gasteiger partial charge in [-0.1, -0.05) is 6.08 Å². The Hall–Kier alpha value is -0.830. The molecule has 0 aliphatic heterocycles. The number of nitrogens with one attached hydrogen (secondary N) is 1. The average Bonchev–Trinajstić information content (AvgIpc) is 1.85. The molecule has 0 aromatic carbocycles. The third kappa shape index (κ3) is 3.78. The van der Waals surface area contributed by atoms with E-state index in [0.29, 0.717) is 0 Å². The second-order valence-corrected chi connectivity index (χ2v) is 3.06. The van der Waals surface area contributed by atoms with Crippen molar-refractivity contribution in [2.45, 2.75) is 32.4 Å². The lowest BCUT2D eigenvalue weighted by Gasteiger charge is -2.18. The maximum absolute atomic E-state index is 11.0. The molecule has 64 valence electrons. The summed E-state index contributed by atoms with van der Waals surface area (Å²) in [5, 5.41) is 11.7. The van der Waals surface area contributed by atoms with Crippen molar-refractivity contribution < 1.29 is 9.90 Å². The van der Waals surface area contributed by atoms with E-state index < -0.39 is 5.60 Å². The van der Waals surface area contributed by atoms with Crippen molar-refractivity contribution in [3.8, 4) is 0 Å². The Morgan fingerprint density at radius 2 is 2.18 bits per heavy atom. The van der Waals surface area contributed by atoms with Gasteiger partial charge in [-0.3, -0.25) is 4.79 Å². The Morgan fingerprint density at radius 3 is 2.45 bits per heavy atom. The summed E-state index contributed by atoms with van der Waals surface area (Å²) in [5.74, 6) is -0.384. The summed E-state index contributed by atoms with van der Waals surface area (Å²) in [5.41, 5.74) is -1.31. The van der Waals surface area contributed by atoms with Crippen molar-refractivity contribution in [3.05, 3.63) is 12.7 Å². The Labute approximate surface area is 67.1 Å². The molecule has 0 spiro atoms. The molecule has 0 aliphatic rings. The highest BCUT2D eigenvalue weighted by atomic mass is 16.3. The molecule has 1 amide bonds. The molecule has 0 bridgehead atoms. The summed E-state index contributed by atoms with van der Waals surface area (Å²) in [6.07, 6.45) is 1.60. The SMILES string of the molecule is C=CC(C)NC(=O)C(C)(C)O. The molecule has 11 heavy (non-hydrogen) atoms. The van der Waals surface area contributed by atoms with Crippen LogP contribution < -0.4 is 5.32 Å². The van der Waals surface area contributed by atoms with Gasteiger partial charge >= 0.3 is 0 Å². The fourth-order valence-corrected chi connectivity index (χ4v) is 0.442. The number of hydrogen-bond donors (Lipinski definition) is 2. The fourth-order valence-electron chi connectivity index (χ4n) is 0.442. The molecular formula is C8H15NO2. The third-order valence-electron chi connectivity index (χ3n) is 1.27. The highest BCUT2D eigenvalue weighted by Gasteiger charge is 2.23. The van der Waals surface area contributed by atoms with Crippen molar-refractivity contribution >= 4 is 5.91 Å². The zero-order chi connectivity index (χ0) is 9.07. The minimum Gasteiger partial charge on any atom is -0.381 e. The van der Waals surface area contributed by atoms with Crippen LogP contribution in [0.15, 0.2) is 12.7 Å². The lowest BCUT2D eigenvalue weighted by molar-refractivity contribution is -0.136. The van der Waals surface area contributed by atoms with E-state index in [0.717, 1.165) is 0 Å². The first-order valence-electron chi connectivity index (χ1n) is 3.54. The first kappa shape index (κ1) is 10.2. The van der Waals surface area contributed by atoms with E-state index in [2.05, 4.69) is 11.9 Å². The van der Waals surface area contributed by atoms with E-state index in [9.17, 15) is 9.90 Å². The van der Waals surface area contributed by atoms with Crippen LogP contribution in [-0.4, -0.2) is 22.7 Å². The number of carbonyl (C=O) groups excluding carboxylic acids is 1. The quantitative estimate of drug-likeness (QED) is 0.584. The molecule has 0 saturated heterocycles. The number of aliphatic hydroxyl groups is 1. The van der Waals surface area contributed by atoms with Gasteiger partial charge in [-0.15, -0.1) is 6.58 Å². The van der Waals surface area contributed by atoms with E-state index in [-0.39, 0.29) is 11.9 Å². The van der Waals surface area contributed by atoms with E-state index in [1.54, 1.807) is 13.0 Å². The summed E-state index contributed by atoms with van der Waals surface area (Å²) in [6.45, 7) is 8.17. The minimum absolute atomic E-state index is 0.103. The first-order valence-corrected chi connectivity index (χ1v) is 3.54. The van der Waals surface area contributed by atoms with Crippen LogP contribution in [0.4, 0.5) is 0 Å². The zero-order valence-electron chi connectivity index (χ0n) is 7.22. The van der Waals surface area contributed by atoms with Crippen LogP contribution in [0.25, 0.3) is 0 Å². The molecule has 0 heterocycles. The molecule has 0 fully saturated rings. The lowest BCUT2D eigenvalue weighted by atomic mass is 10.1. The van der Waals surface area contributed by atoms with Gasteiger partial charge in [-0.25, -0.2) is 0 Å². The van der Waals surface area contributed by atoms with E-state index in [1.165, 1.54) is 13.8 Å². The normalized spacial score (nSPS) is 13.8. The van der Waals surface area contributed by atoms with Crippen molar-refractivity contribution in [1.82, 2.24) is 5.32 Å². The van der Waals surface area contributed by atoms with Gasteiger partial charge in [0, 0.05) is 6.04 Å². The summed E-state index contributed by atoms with van der Waals surface area (Å²) < 4.78 is 0. The van der Waals surface area contributed by atoms with Gasteiger partial charge in [0.05, 0.1) is 0 Å². The van der Waals surface area contributed by atoms with Gasteiger partial charge in [-0.05, 0) is 20.8 Å². The average molecular weight is 157 g/mol. The van der Waals surface area contributed by atoms with Crippen molar-refractivity contribution in [3.63, 3.8) is 0 Å². The van der Waals surface area contributed by atoms with Crippen LogP contribution in [0.3, 0.4) is 0 Å². The number of hydrogen-bond acceptors (Lipinski definition) is 2. The number of carbonyl (C=O) groups is 1. The second-order valence-electron chi connectivity index (χ2n) is 3.06. The predicted octanol–water partition coefficient (Wildman–Crippen LogP) is 0.448. The summed E-state index contributed by atoms with van der Waals surface area (Å²) in [7, 11) is 0. The molecule has 3 nitrogen and oxygen atoms in total. The number of amides is 1. The largest absolute Gasteiger partial charge is 0.381 e. The summed E-state index contributed by atoms with van der Waals surface area (Å²) in [6, 6.07) is -0.103. The molecule has 3 heteroatoms. The van der Waals surface area contributed by atoms with Gasteiger partial charge in [0.25, 0.3) is 5.91 Å². The van der Waals surface area contributed by atoms with Gasteiger partial charge in [0.2, 0.25) is 0 Å². The van der Waals surface area contributed by atoms with Crippen molar-refractivity contribution in [2.75, 3.05) is 0 Å². The third-order valence-corrected chi connectivity index (χ3v) is 1.27. The topological polar surface area (TPSA) is 49.3 Å². The lowest BCUT2D eigenvalue weighted by Crippen LogP contribution is -2.45. The van der Waals surface area contributed by atoms with Gasteiger partial charge < -0.3 is 10.4 Å². The van der Waals surface area contributed by atoms with Crippen LogP contribution in [0.2, 0.25) is 0 Å². The highest BCUT2D eigenvalue weighted by molar-refractivity contribution is 5.84. The first-order chi connectivity index (χ1) is 4.88. The monoisotopic (exact) mass is 157 g/mol. The maximum Gasteiger partial charge on any atom is 0.251 e. The van der Waals surface area contributed by atoms with E-state index in [4.69, 9.17) is 0 Å². The van der Waals surface area contributed by atoms with Crippen LogP contribution in [0.5, 0.6) is 0 Å². The molecular weight excluding hydrogens is 142 g/mol. The van der Waals surface area contributed by atoms with Gasteiger partial charge in [-0.2, -0.15) is 0 Å². The summed E-state index contributed by atoms with van der Waals surface area (Å²) >= 11 is 0. The van der Waals surface area contributed by atoms with Crippen molar-refractivity contribution in [2.24, 2.45) is 0 Å². The summed E-state index contributed by atoms with van der Waals surface area (Å²) in [4.78, 5) is 11.0. The molecule has 0 aliphatic carbocycles. The molecule has 0 radical (unpaired) electrons.